The van der Waals surface area contributed by atoms with E-state index in [0.29, 0.717) is 18.1 Å². The van der Waals surface area contributed by atoms with Crippen LogP contribution < -0.4 is 9.47 Å². The minimum atomic E-state index is -0.400. The number of rotatable bonds is 8. The van der Waals surface area contributed by atoms with Crippen molar-refractivity contribution < 1.29 is 14.4 Å². The molecule has 0 radical (unpaired) electrons. The van der Waals surface area contributed by atoms with Crippen LogP contribution in [0.15, 0.2) is 61.3 Å². The molecule has 0 saturated carbocycles. The van der Waals surface area contributed by atoms with Crippen molar-refractivity contribution in [2.24, 2.45) is 0 Å². The monoisotopic (exact) mass is 352 g/mol. The molecule has 26 heavy (non-hydrogen) atoms. The second-order valence-corrected chi connectivity index (χ2v) is 5.87. The first-order valence-electron chi connectivity index (χ1n) is 8.23. The molecule has 0 saturated heterocycles. The number of hydrogen-bond acceptors (Lipinski definition) is 4. The van der Waals surface area contributed by atoms with Gasteiger partial charge >= 0.3 is 0 Å². The number of aromatic nitrogens is 1. The molecule has 0 aliphatic carbocycles. The molecule has 2 aromatic carbocycles. The van der Waals surface area contributed by atoms with Crippen LogP contribution in [0.2, 0.25) is 0 Å². The number of fused-ring (bicyclic) bond motifs is 1. The molecule has 0 unspecified atom stereocenters. The third-order valence-electron chi connectivity index (χ3n) is 4.28. The van der Waals surface area contributed by atoms with Gasteiger partial charge in [0, 0.05) is 22.0 Å². The summed E-state index contributed by atoms with van der Waals surface area (Å²) in [4.78, 5) is 14.2. The van der Waals surface area contributed by atoms with Crippen molar-refractivity contribution >= 4 is 10.9 Å². The first-order chi connectivity index (χ1) is 12.6. The van der Waals surface area contributed by atoms with Gasteiger partial charge in [0.2, 0.25) is 6.54 Å². The van der Waals surface area contributed by atoms with Crippen molar-refractivity contribution in [2.75, 3.05) is 20.3 Å². The average molecular weight is 352 g/mol. The summed E-state index contributed by atoms with van der Waals surface area (Å²) in [5.41, 5.74) is 2.64. The molecule has 1 N–H and O–H groups in total. The summed E-state index contributed by atoms with van der Waals surface area (Å²) in [7, 11) is 1.55. The van der Waals surface area contributed by atoms with Crippen LogP contribution in [-0.4, -0.2) is 30.2 Å². The van der Waals surface area contributed by atoms with Gasteiger partial charge in [-0.15, -0.1) is 0 Å². The number of nitrogens with zero attached hydrogens (tertiary/aromatic N) is 1. The molecular formula is C20H20N2O4. The van der Waals surface area contributed by atoms with Crippen LogP contribution in [0.1, 0.15) is 17.0 Å². The lowest BCUT2D eigenvalue weighted by atomic mass is 9.90. The van der Waals surface area contributed by atoms with Gasteiger partial charge in [0.1, 0.15) is 6.61 Å². The Bertz CT molecular complexity index is 932. The number of aromatic amines is 1. The Morgan fingerprint density at radius 1 is 1.27 bits per heavy atom. The van der Waals surface area contributed by atoms with Gasteiger partial charge in [-0.1, -0.05) is 36.9 Å². The van der Waals surface area contributed by atoms with Gasteiger partial charge in [-0.25, -0.2) is 0 Å². The maximum absolute atomic E-state index is 11.3. The molecule has 0 amide bonds. The van der Waals surface area contributed by atoms with Crippen molar-refractivity contribution in [1.29, 1.82) is 0 Å². The Labute approximate surface area is 151 Å². The molecule has 0 aliphatic rings. The maximum atomic E-state index is 11.3. The van der Waals surface area contributed by atoms with Crippen LogP contribution >= 0.6 is 0 Å². The molecule has 1 atom stereocenters. The van der Waals surface area contributed by atoms with E-state index in [9.17, 15) is 10.1 Å². The zero-order valence-electron chi connectivity index (χ0n) is 14.5. The first-order valence-corrected chi connectivity index (χ1v) is 8.23. The number of para-hydroxylation sites is 1. The van der Waals surface area contributed by atoms with Crippen molar-refractivity contribution in [3.8, 4) is 11.5 Å². The van der Waals surface area contributed by atoms with E-state index in [-0.39, 0.29) is 11.5 Å². The average Bonchev–Trinajstić information content (AvgIpc) is 3.08. The second kappa shape index (κ2) is 7.74. The summed E-state index contributed by atoms with van der Waals surface area (Å²) < 4.78 is 11.0. The fourth-order valence-corrected chi connectivity index (χ4v) is 3.08. The van der Waals surface area contributed by atoms with E-state index in [0.717, 1.165) is 22.0 Å². The van der Waals surface area contributed by atoms with E-state index in [4.69, 9.17) is 9.47 Å². The number of nitrogens with one attached hydrogen (secondary N) is 1. The van der Waals surface area contributed by atoms with Gasteiger partial charge in [0.05, 0.1) is 13.0 Å². The Hall–Kier alpha value is -3.28. The van der Waals surface area contributed by atoms with Gasteiger partial charge in [-0.3, -0.25) is 10.1 Å². The van der Waals surface area contributed by atoms with Gasteiger partial charge in [0.25, 0.3) is 0 Å². The molecule has 134 valence electrons. The third kappa shape index (κ3) is 3.54. The van der Waals surface area contributed by atoms with E-state index in [2.05, 4.69) is 11.6 Å². The normalized spacial score (nSPS) is 11.9. The molecule has 0 aliphatic heterocycles. The van der Waals surface area contributed by atoms with E-state index in [1.165, 1.54) is 0 Å². The van der Waals surface area contributed by atoms with Crippen LogP contribution in [0.25, 0.3) is 10.9 Å². The lowest BCUT2D eigenvalue weighted by Crippen LogP contribution is -2.14. The SMILES string of the molecule is C=CCOc1ccc([C@H](C[N+](=O)[O-])c2c[nH]c3ccccc23)cc1OC. The van der Waals surface area contributed by atoms with Crippen LogP contribution in [0.3, 0.4) is 0 Å². The highest BCUT2D eigenvalue weighted by Crippen LogP contribution is 2.36. The predicted octanol–water partition coefficient (Wildman–Crippen LogP) is 4.15. The van der Waals surface area contributed by atoms with Crippen LogP contribution in [-0.2, 0) is 0 Å². The first kappa shape index (κ1) is 17.5. The molecule has 1 heterocycles. The molecule has 1 aromatic heterocycles. The molecule has 0 spiro atoms. The van der Waals surface area contributed by atoms with Crippen LogP contribution in [0.5, 0.6) is 11.5 Å². The topological polar surface area (TPSA) is 77.4 Å². The number of methoxy groups -OCH3 is 1. The van der Waals surface area contributed by atoms with E-state index in [1.807, 2.05) is 36.5 Å². The standard InChI is InChI=1S/C20H20N2O4/c1-3-10-26-19-9-8-14(11-20(19)25-2)17(13-22(23)24)16-12-21-18-7-5-4-6-15(16)18/h3-9,11-12,17,21H,1,10,13H2,2H3/t17-/m0/s1. The van der Waals surface area contributed by atoms with Crippen LogP contribution in [0.4, 0.5) is 0 Å². The lowest BCUT2D eigenvalue weighted by molar-refractivity contribution is -0.481. The smallest absolute Gasteiger partial charge is 0.214 e. The zero-order chi connectivity index (χ0) is 18.5. The van der Waals surface area contributed by atoms with Gasteiger partial charge in [0.15, 0.2) is 11.5 Å². The minimum Gasteiger partial charge on any atom is -0.493 e. The molecule has 6 nitrogen and oxygen atoms in total. The van der Waals surface area contributed by atoms with Crippen molar-refractivity contribution in [2.45, 2.75) is 5.92 Å². The number of ether oxygens (including phenoxy) is 2. The fourth-order valence-electron chi connectivity index (χ4n) is 3.08. The number of benzene rings is 2. The summed E-state index contributed by atoms with van der Waals surface area (Å²) in [6, 6.07) is 13.2. The molecule has 0 fully saturated rings. The number of H-pyrrole nitrogens is 1. The van der Waals surface area contributed by atoms with Crippen molar-refractivity contribution in [3.63, 3.8) is 0 Å². The van der Waals surface area contributed by atoms with Gasteiger partial charge in [-0.05, 0) is 29.3 Å². The summed E-state index contributed by atoms with van der Waals surface area (Å²) in [5.74, 6) is 0.718. The van der Waals surface area contributed by atoms with Crippen molar-refractivity contribution in [1.82, 2.24) is 4.98 Å². The van der Waals surface area contributed by atoms with E-state index >= 15 is 0 Å². The van der Waals surface area contributed by atoms with E-state index < -0.39 is 5.92 Å². The Balaban J connectivity index is 2.05. The molecule has 0 bridgehead atoms. The Morgan fingerprint density at radius 3 is 2.81 bits per heavy atom. The Morgan fingerprint density at radius 2 is 2.08 bits per heavy atom. The number of hydrogen-bond donors (Lipinski definition) is 1. The Kier molecular flexibility index (Phi) is 5.22. The zero-order valence-corrected chi connectivity index (χ0v) is 14.5. The van der Waals surface area contributed by atoms with Gasteiger partial charge < -0.3 is 14.5 Å². The predicted molar refractivity (Wildman–Crippen MR) is 101 cm³/mol. The minimum absolute atomic E-state index is 0.210. The lowest BCUT2D eigenvalue weighted by Gasteiger charge is -2.16. The highest BCUT2D eigenvalue weighted by molar-refractivity contribution is 5.84. The van der Waals surface area contributed by atoms with E-state index in [1.54, 1.807) is 25.3 Å². The summed E-state index contributed by atoms with van der Waals surface area (Å²) in [5, 5.41) is 12.3. The summed E-state index contributed by atoms with van der Waals surface area (Å²) in [6.07, 6.45) is 3.49. The summed E-state index contributed by atoms with van der Waals surface area (Å²) >= 11 is 0. The summed E-state index contributed by atoms with van der Waals surface area (Å²) in [6.45, 7) is 3.78. The molecule has 6 heteroatoms. The van der Waals surface area contributed by atoms with Gasteiger partial charge in [-0.2, -0.15) is 0 Å². The molecule has 3 rings (SSSR count). The highest BCUT2D eigenvalue weighted by Gasteiger charge is 2.24. The van der Waals surface area contributed by atoms with Crippen LogP contribution in [0, 0.1) is 10.1 Å². The quantitative estimate of drug-likeness (QED) is 0.375. The maximum Gasteiger partial charge on any atom is 0.214 e. The largest absolute Gasteiger partial charge is 0.493 e. The number of nitro groups is 1. The second-order valence-electron chi connectivity index (χ2n) is 5.87. The molecular weight excluding hydrogens is 332 g/mol. The fraction of sp³-hybridized carbons (Fsp3) is 0.200. The molecule has 3 aromatic rings. The van der Waals surface area contributed by atoms with Crippen molar-refractivity contribution in [3.05, 3.63) is 82.6 Å². The third-order valence-corrected chi connectivity index (χ3v) is 4.28. The highest BCUT2D eigenvalue weighted by atomic mass is 16.6.